The zero-order valence-corrected chi connectivity index (χ0v) is 29.4. The van der Waals surface area contributed by atoms with Gasteiger partial charge in [-0.3, -0.25) is 4.57 Å². The fraction of sp³-hybridized carbons (Fsp3) is 0.406. The van der Waals surface area contributed by atoms with Crippen molar-refractivity contribution in [3.8, 4) is 0 Å². The number of hydrogen-bond donors (Lipinski definition) is 8. The number of amides is 2. The number of aromatic nitrogens is 8. The summed E-state index contributed by atoms with van der Waals surface area (Å²) in [7, 11) is -3.96. The second-order valence-electron chi connectivity index (χ2n) is 12.9. The number of imidazole rings is 1. The monoisotopic (exact) mass is 765 g/mol. The number of nitrogens with zero attached hydrogens (tertiary/aromatic N) is 9. The van der Waals surface area contributed by atoms with Gasteiger partial charge in [0, 0.05) is 24.8 Å². The number of primary sulfonamides is 1. The van der Waals surface area contributed by atoms with Gasteiger partial charge in [-0.15, -0.1) is 10.2 Å². The Hall–Kier alpha value is -5.36. The van der Waals surface area contributed by atoms with Crippen LogP contribution in [0.15, 0.2) is 65.8 Å². The Balaban J connectivity index is 1.15. The average molecular weight is 766 g/mol. The van der Waals surface area contributed by atoms with Crippen molar-refractivity contribution < 1.29 is 38.4 Å². The van der Waals surface area contributed by atoms with Gasteiger partial charge in [-0.1, -0.05) is 36.4 Å². The Morgan fingerprint density at radius 1 is 1.07 bits per heavy atom. The minimum absolute atomic E-state index is 0.0167. The minimum Gasteiger partial charge on any atom is -0.394 e. The first-order valence-electron chi connectivity index (χ1n) is 17.0. The van der Waals surface area contributed by atoms with E-state index in [9.17, 15) is 33.6 Å². The lowest BCUT2D eigenvalue weighted by atomic mass is 10.1. The quantitative estimate of drug-likeness (QED) is 0.0703. The van der Waals surface area contributed by atoms with Crippen LogP contribution in [0.1, 0.15) is 30.1 Å². The van der Waals surface area contributed by atoms with E-state index in [1.165, 1.54) is 35.2 Å². The average Bonchev–Trinajstić information content (AvgIpc) is 3.96. The van der Waals surface area contributed by atoms with Gasteiger partial charge in [0.1, 0.15) is 12.2 Å². The summed E-state index contributed by atoms with van der Waals surface area (Å²) in [5.41, 5.74) is 1.78. The largest absolute Gasteiger partial charge is 0.394 e. The third kappa shape index (κ3) is 7.94. The van der Waals surface area contributed by atoms with Crippen molar-refractivity contribution in [2.75, 3.05) is 41.8 Å². The maximum atomic E-state index is 12.9. The molecule has 22 heteroatoms. The van der Waals surface area contributed by atoms with E-state index in [1.807, 2.05) is 35.2 Å². The molecule has 3 aromatic heterocycles. The molecule has 0 spiro atoms. The lowest BCUT2D eigenvalue weighted by Crippen LogP contribution is -2.40. The third-order valence-corrected chi connectivity index (χ3v) is 9.97. The van der Waals surface area contributed by atoms with Crippen LogP contribution in [0.4, 0.5) is 22.2 Å². The fourth-order valence-electron chi connectivity index (χ4n) is 6.41. The summed E-state index contributed by atoms with van der Waals surface area (Å²) in [5.74, 6) is 0.570. The van der Waals surface area contributed by atoms with Gasteiger partial charge in [0.2, 0.25) is 21.8 Å². The Morgan fingerprint density at radius 2 is 1.89 bits per heavy atom. The molecule has 0 radical (unpaired) electrons. The molecule has 6 atom stereocenters. The molecule has 2 aromatic carbocycles. The molecular weight excluding hydrogens is 727 g/mol. The topological polar surface area (TPSA) is 294 Å². The molecule has 6 unspecified atom stereocenters. The van der Waals surface area contributed by atoms with Gasteiger partial charge < -0.3 is 46.0 Å². The van der Waals surface area contributed by atoms with Gasteiger partial charge in [0.25, 0.3) is 0 Å². The molecule has 7 rings (SSSR count). The van der Waals surface area contributed by atoms with Crippen LogP contribution < -0.4 is 26.0 Å². The number of aliphatic hydroxyl groups is 4. The summed E-state index contributed by atoms with van der Waals surface area (Å²) < 4.78 is 31.1. The summed E-state index contributed by atoms with van der Waals surface area (Å²) >= 11 is 0. The molecule has 9 N–H and O–H groups in total. The van der Waals surface area contributed by atoms with E-state index in [4.69, 9.17) is 19.8 Å². The number of aliphatic hydroxyl groups excluding tert-OH is 4. The van der Waals surface area contributed by atoms with Crippen molar-refractivity contribution in [1.29, 1.82) is 0 Å². The van der Waals surface area contributed by atoms with Gasteiger partial charge in [0.15, 0.2) is 29.3 Å². The van der Waals surface area contributed by atoms with Crippen molar-refractivity contribution in [2.45, 2.75) is 60.9 Å². The summed E-state index contributed by atoms with van der Waals surface area (Å²) in [4.78, 5) is 29.9. The number of nitrogens with one attached hydrogen (secondary N) is 3. The second kappa shape index (κ2) is 15.5. The number of nitrogens with two attached hydrogens (primary N) is 1. The first-order valence-corrected chi connectivity index (χ1v) is 18.6. The minimum atomic E-state index is -3.96. The van der Waals surface area contributed by atoms with E-state index < -0.39 is 46.6 Å². The van der Waals surface area contributed by atoms with E-state index in [0.717, 1.165) is 10.4 Å². The molecule has 2 aliphatic rings. The van der Waals surface area contributed by atoms with Crippen molar-refractivity contribution >= 4 is 44.7 Å². The molecule has 2 saturated heterocycles. The van der Waals surface area contributed by atoms with Gasteiger partial charge in [0.05, 0.1) is 37.0 Å². The zero-order chi connectivity index (χ0) is 38.0. The van der Waals surface area contributed by atoms with Crippen LogP contribution in [0.25, 0.3) is 11.2 Å². The van der Waals surface area contributed by atoms with E-state index in [1.54, 1.807) is 0 Å². The Morgan fingerprint density at radius 3 is 2.65 bits per heavy atom. The molecule has 286 valence electrons. The molecule has 0 saturated carbocycles. The zero-order valence-electron chi connectivity index (χ0n) is 28.6. The number of hydrogen-bond acceptors (Lipinski definition) is 16. The van der Waals surface area contributed by atoms with Crippen LogP contribution in [0.3, 0.4) is 0 Å². The highest BCUT2D eigenvalue weighted by Gasteiger charge is 2.47. The fourth-order valence-corrected chi connectivity index (χ4v) is 6.97. The second-order valence-corrected chi connectivity index (χ2v) is 14.5. The summed E-state index contributed by atoms with van der Waals surface area (Å²) in [6, 6.07) is 13.8. The van der Waals surface area contributed by atoms with Gasteiger partial charge >= 0.3 is 6.03 Å². The Labute approximate surface area is 307 Å². The van der Waals surface area contributed by atoms with Crippen molar-refractivity contribution in [2.24, 2.45) is 5.14 Å². The Bertz CT molecular complexity index is 2200. The molecule has 5 aromatic rings. The number of carbonyl (C=O) groups excluding carboxylic acids is 1. The molecule has 54 heavy (non-hydrogen) atoms. The summed E-state index contributed by atoms with van der Waals surface area (Å²) in [6.45, 7) is 0.363. The molecule has 0 bridgehead atoms. The van der Waals surface area contributed by atoms with Crippen molar-refractivity contribution in [1.82, 2.24) is 45.0 Å². The first-order chi connectivity index (χ1) is 26.0. The highest BCUT2D eigenvalue weighted by Crippen LogP contribution is 2.39. The summed E-state index contributed by atoms with van der Waals surface area (Å²) in [6.07, 6.45) is -2.85. The van der Waals surface area contributed by atoms with Crippen LogP contribution in [0.2, 0.25) is 0 Å². The van der Waals surface area contributed by atoms with Crippen molar-refractivity contribution in [3.05, 3.63) is 72.3 Å². The number of benzene rings is 2. The molecule has 21 nitrogen and oxygen atoms in total. The lowest BCUT2D eigenvalue weighted by Gasteiger charge is -2.22. The summed E-state index contributed by atoms with van der Waals surface area (Å²) in [5, 5.41) is 67.7. The van der Waals surface area contributed by atoms with Gasteiger partial charge in [-0.25, -0.2) is 23.3 Å². The molecule has 0 aliphatic carbocycles. The number of fused-ring (bicyclic) bond motifs is 1. The van der Waals surface area contributed by atoms with Crippen LogP contribution in [-0.2, 0) is 27.7 Å². The molecular formula is C32H39N13O8S. The number of urea groups is 1. The van der Waals surface area contributed by atoms with E-state index in [-0.39, 0.29) is 53.8 Å². The molecule has 2 aliphatic heterocycles. The van der Waals surface area contributed by atoms with E-state index >= 15 is 0 Å². The SMILES string of the molecule is NS(=O)(=O)c1cccc(NC(=O)NC2CCN(c3nc(NC(CO)Cc4ccccc4)c4ncn(C5OC(c6nnn(CCO)n6)C(O)C5O)c4n3)C2)c1. The molecule has 5 heterocycles. The highest BCUT2D eigenvalue weighted by atomic mass is 32.2. The molecule has 2 amide bonds. The molecule has 2 fully saturated rings. The Kier molecular flexibility index (Phi) is 10.6. The van der Waals surface area contributed by atoms with Crippen LogP contribution in [0, 0.1) is 0 Å². The van der Waals surface area contributed by atoms with Crippen molar-refractivity contribution in [3.63, 3.8) is 0 Å². The highest BCUT2D eigenvalue weighted by molar-refractivity contribution is 7.89. The normalized spacial score (nSPS) is 22.1. The first kappa shape index (κ1) is 37.0. The van der Waals surface area contributed by atoms with E-state index in [0.29, 0.717) is 37.3 Å². The van der Waals surface area contributed by atoms with Crippen LogP contribution in [0.5, 0.6) is 0 Å². The number of carbonyl (C=O) groups is 1. The van der Waals surface area contributed by atoms with Gasteiger partial charge in [-0.05, 0) is 41.8 Å². The predicted molar refractivity (Wildman–Crippen MR) is 190 cm³/mol. The number of tetrazole rings is 1. The predicted octanol–water partition coefficient (Wildman–Crippen LogP) is -1.14. The number of ether oxygens (including phenoxy) is 1. The number of rotatable bonds is 13. The number of anilines is 3. The maximum Gasteiger partial charge on any atom is 0.319 e. The standard InChI is InChI=1S/C32H39N13O8S/c33-54(51,52)22-8-4-7-19(14-22)36-32(50)37-20-9-10-43(15-20)31-38-27(35-21(16-47)13-18-5-2-1-3-6-18)23-29(39-31)44(17-34-23)30-25(49)24(48)26(53-30)28-40-42-45(41-28)11-12-46/h1-8,14,17,20-21,24-26,30,46-49H,9-13,15-16H2,(H2,33,51,52)(H,35,38,39)(H2,36,37,50). The van der Waals surface area contributed by atoms with Crippen LogP contribution >= 0.6 is 0 Å². The van der Waals surface area contributed by atoms with Crippen LogP contribution in [-0.4, -0.2) is 125 Å². The number of sulfonamides is 1. The maximum absolute atomic E-state index is 12.9. The van der Waals surface area contributed by atoms with Gasteiger partial charge in [-0.2, -0.15) is 14.8 Å². The lowest BCUT2D eigenvalue weighted by molar-refractivity contribution is -0.0384. The third-order valence-electron chi connectivity index (χ3n) is 9.06. The smallest absolute Gasteiger partial charge is 0.319 e. The van der Waals surface area contributed by atoms with E-state index in [2.05, 4.69) is 36.3 Å².